The highest BCUT2D eigenvalue weighted by atomic mass is 16.5. The molecule has 3 aliphatic heterocycles. The zero-order valence-electron chi connectivity index (χ0n) is 17.8. The second kappa shape index (κ2) is 9.35. The largest absolute Gasteiger partial charge is 0.375 e. The highest BCUT2D eigenvalue weighted by Crippen LogP contribution is 2.37. The maximum absolute atomic E-state index is 12.2. The summed E-state index contributed by atoms with van der Waals surface area (Å²) >= 11 is 0. The summed E-state index contributed by atoms with van der Waals surface area (Å²) in [4.78, 5) is 19.4. The van der Waals surface area contributed by atoms with Crippen LogP contribution in [0, 0.1) is 0 Å². The minimum absolute atomic E-state index is 0.0268. The zero-order valence-corrected chi connectivity index (χ0v) is 17.8. The first-order valence-corrected chi connectivity index (χ1v) is 11.4. The molecule has 1 spiro atoms. The van der Waals surface area contributed by atoms with Gasteiger partial charge in [-0.2, -0.15) is 0 Å². The molecule has 160 valence electrons. The van der Waals surface area contributed by atoms with Gasteiger partial charge in [0.1, 0.15) is 0 Å². The summed E-state index contributed by atoms with van der Waals surface area (Å²) in [6, 6.07) is 11.5. The minimum atomic E-state index is -0.0268. The van der Waals surface area contributed by atoms with Crippen LogP contribution in [0.5, 0.6) is 0 Å². The number of carbonyl (C=O) groups excluding carboxylic acids is 1. The highest BCUT2D eigenvalue weighted by molar-refractivity contribution is 5.74. The van der Waals surface area contributed by atoms with Gasteiger partial charge in [-0.05, 0) is 44.2 Å². The number of benzene rings is 1. The van der Waals surface area contributed by atoms with Crippen LogP contribution in [-0.4, -0.2) is 79.9 Å². The topological polar surface area (TPSA) is 48.1 Å². The molecule has 4 rings (SSSR count). The lowest BCUT2D eigenvalue weighted by atomic mass is 9.81. The van der Waals surface area contributed by atoms with E-state index in [0.29, 0.717) is 6.04 Å². The van der Waals surface area contributed by atoms with E-state index in [4.69, 9.17) is 4.74 Å². The lowest BCUT2D eigenvalue weighted by Crippen LogP contribution is -2.58. The van der Waals surface area contributed by atoms with E-state index in [0.717, 1.165) is 84.5 Å². The molecule has 0 unspecified atom stereocenters. The predicted octanol–water partition coefficient (Wildman–Crippen LogP) is 2.94. The Hall–Kier alpha value is -1.79. The predicted molar refractivity (Wildman–Crippen MR) is 116 cm³/mol. The van der Waals surface area contributed by atoms with E-state index in [9.17, 15) is 4.79 Å². The number of carbonyl (C=O) groups is 1. The summed E-state index contributed by atoms with van der Waals surface area (Å²) in [5.74, 6) is 0. The van der Waals surface area contributed by atoms with Gasteiger partial charge in [0.05, 0.1) is 5.60 Å². The molecule has 3 fully saturated rings. The third-order valence-electron chi connectivity index (χ3n) is 6.91. The van der Waals surface area contributed by atoms with E-state index in [2.05, 4.69) is 52.4 Å². The van der Waals surface area contributed by atoms with Crippen molar-refractivity contribution in [2.75, 3.05) is 57.3 Å². The fourth-order valence-corrected chi connectivity index (χ4v) is 5.11. The third kappa shape index (κ3) is 4.86. The van der Waals surface area contributed by atoms with Gasteiger partial charge in [0.25, 0.3) is 0 Å². The average molecular weight is 401 g/mol. The fourth-order valence-electron chi connectivity index (χ4n) is 5.11. The Morgan fingerprint density at radius 1 is 1.10 bits per heavy atom. The lowest BCUT2D eigenvalue weighted by Gasteiger charge is -2.49. The Morgan fingerprint density at radius 3 is 2.52 bits per heavy atom. The second-order valence-electron chi connectivity index (χ2n) is 8.76. The van der Waals surface area contributed by atoms with E-state index in [-0.39, 0.29) is 11.6 Å². The standard InChI is InChI=1S/C23H36N4O2/c1-2-11-24-22(28)27-12-9-23(10-13-27)19-21(8-18-29-23)26-16-14-25(15-17-26)20-6-4-3-5-7-20/h3-7,21H,2,8-19H2,1H3,(H,24,28)/t21-/m1/s1. The van der Waals surface area contributed by atoms with Crippen LogP contribution in [0.3, 0.4) is 0 Å². The smallest absolute Gasteiger partial charge is 0.317 e. The molecule has 0 aliphatic carbocycles. The molecule has 3 saturated heterocycles. The number of hydrogen-bond donors (Lipinski definition) is 1. The SMILES string of the molecule is CCCNC(=O)N1CCC2(CC1)C[C@H](N1CCN(c3ccccc3)CC1)CCO2. The summed E-state index contributed by atoms with van der Waals surface area (Å²) in [5, 5.41) is 3.00. The van der Waals surface area contributed by atoms with Gasteiger partial charge in [-0.3, -0.25) is 4.90 Å². The summed E-state index contributed by atoms with van der Waals surface area (Å²) in [6.45, 7) is 9.76. The number of piperazine rings is 1. The Morgan fingerprint density at radius 2 is 1.83 bits per heavy atom. The second-order valence-corrected chi connectivity index (χ2v) is 8.76. The van der Waals surface area contributed by atoms with Crippen LogP contribution in [0.1, 0.15) is 39.0 Å². The molecule has 1 N–H and O–H groups in total. The Labute approximate surface area is 175 Å². The van der Waals surface area contributed by atoms with Crippen molar-refractivity contribution in [2.24, 2.45) is 0 Å². The van der Waals surface area contributed by atoms with E-state index < -0.39 is 0 Å². The van der Waals surface area contributed by atoms with Crippen LogP contribution in [0.15, 0.2) is 30.3 Å². The van der Waals surface area contributed by atoms with Crippen molar-refractivity contribution < 1.29 is 9.53 Å². The van der Waals surface area contributed by atoms with Gasteiger partial charge >= 0.3 is 6.03 Å². The molecule has 1 aromatic carbocycles. The normalized spacial score (nSPS) is 25.2. The molecule has 1 aromatic rings. The number of rotatable bonds is 4. The molecule has 0 bridgehead atoms. The molecule has 29 heavy (non-hydrogen) atoms. The number of nitrogens with zero attached hydrogens (tertiary/aromatic N) is 3. The summed E-state index contributed by atoms with van der Waals surface area (Å²) in [7, 11) is 0. The van der Waals surface area contributed by atoms with Crippen LogP contribution < -0.4 is 10.2 Å². The van der Waals surface area contributed by atoms with E-state index in [1.807, 2.05) is 4.90 Å². The van der Waals surface area contributed by atoms with Crippen molar-refractivity contribution in [3.8, 4) is 0 Å². The quantitative estimate of drug-likeness (QED) is 0.844. The van der Waals surface area contributed by atoms with Crippen LogP contribution in [0.2, 0.25) is 0 Å². The van der Waals surface area contributed by atoms with Gasteiger partial charge in [0.15, 0.2) is 0 Å². The van der Waals surface area contributed by atoms with Gasteiger partial charge in [-0.15, -0.1) is 0 Å². The number of amides is 2. The van der Waals surface area contributed by atoms with Crippen molar-refractivity contribution >= 4 is 11.7 Å². The lowest BCUT2D eigenvalue weighted by molar-refractivity contribution is -0.129. The molecular formula is C23H36N4O2. The van der Waals surface area contributed by atoms with Crippen LogP contribution in [-0.2, 0) is 4.74 Å². The number of urea groups is 1. The van der Waals surface area contributed by atoms with E-state index >= 15 is 0 Å². The molecule has 3 aliphatic rings. The van der Waals surface area contributed by atoms with Gasteiger partial charge in [-0.25, -0.2) is 4.79 Å². The van der Waals surface area contributed by atoms with Crippen molar-refractivity contribution in [2.45, 2.75) is 50.7 Å². The zero-order chi connectivity index (χ0) is 20.1. The number of para-hydroxylation sites is 1. The average Bonchev–Trinajstić information content (AvgIpc) is 2.79. The summed E-state index contributed by atoms with van der Waals surface area (Å²) < 4.78 is 6.33. The number of likely N-dealkylation sites (tertiary alicyclic amines) is 1. The Bertz CT molecular complexity index is 652. The van der Waals surface area contributed by atoms with Crippen molar-refractivity contribution in [1.82, 2.24) is 15.1 Å². The maximum atomic E-state index is 12.2. The van der Waals surface area contributed by atoms with Crippen LogP contribution >= 0.6 is 0 Å². The molecule has 6 nitrogen and oxygen atoms in total. The molecule has 0 saturated carbocycles. The van der Waals surface area contributed by atoms with E-state index in [1.165, 1.54) is 5.69 Å². The summed E-state index contributed by atoms with van der Waals surface area (Å²) in [5.41, 5.74) is 1.31. The first-order chi connectivity index (χ1) is 14.2. The monoisotopic (exact) mass is 400 g/mol. The minimum Gasteiger partial charge on any atom is -0.375 e. The van der Waals surface area contributed by atoms with Gasteiger partial charge in [0, 0.05) is 64.1 Å². The maximum Gasteiger partial charge on any atom is 0.317 e. The highest BCUT2D eigenvalue weighted by Gasteiger charge is 2.42. The van der Waals surface area contributed by atoms with Crippen LogP contribution in [0.25, 0.3) is 0 Å². The Kier molecular flexibility index (Phi) is 6.60. The number of nitrogens with one attached hydrogen (secondary N) is 1. The fraction of sp³-hybridized carbons (Fsp3) is 0.696. The molecule has 1 atom stereocenters. The number of hydrogen-bond acceptors (Lipinski definition) is 4. The van der Waals surface area contributed by atoms with Crippen molar-refractivity contribution in [1.29, 1.82) is 0 Å². The van der Waals surface area contributed by atoms with Gasteiger partial charge in [0.2, 0.25) is 0 Å². The molecular weight excluding hydrogens is 364 g/mol. The van der Waals surface area contributed by atoms with E-state index in [1.54, 1.807) is 0 Å². The summed E-state index contributed by atoms with van der Waals surface area (Å²) in [6.07, 6.45) is 5.16. The van der Waals surface area contributed by atoms with Crippen LogP contribution in [0.4, 0.5) is 10.5 Å². The molecule has 3 heterocycles. The Balaban J connectivity index is 1.28. The number of anilines is 1. The molecule has 0 aromatic heterocycles. The molecule has 2 amide bonds. The first kappa shape index (κ1) is 20.5. The van der Waals surface area contributed by atoms with Crippen molar-refractivity contribution in [3.63, 3.8) is 0 Å². The van der Waals surface area contributed by atoms with Gasteiger partial charge in [-0.1, -0.05) is 25.1 Å². The third-order valence-corrected chi connectivity index (χ3v) is 6.91. The first-order valence-electron chi connectivity index (χ1n) is 11.4. The van der Waals surface area contributed by atoms with Crippen molar-refractivity contribution in [3.05, 3.63) is 30.3 Å². The van der Waals surface area contributed by atoms with Gasteiger partial charge < -0.3 is 19.9 Å². The number of piperidine rings is 1. The number of ether oxygens (including phenoxy) is 1. The molecule has 6 heteroatoms. The molecule has 0 radical (unpaired) electrons.